The van der Waals surface area contributed by atoms with Crippen LogP contribution in [0.3, 0.4) is 0 Å². The fourth-order valence-corrected chi connectivity index (χ4v) is 3.65. The molecule has 1 saturated heterocycles. The molecular formula is C18H27FN2. The lowest BCUT2D eigenvalue weighted by molar-refractivity contribution is 0.139. The van der Waals surface area contributed by atoms with Crippen LogP contribution >= 0.6 is 0 Å². The SMILES string of the molecule is CCC(c1ccc(F)cc1)N(CC1CCNCC1)C1CC1. The summed E-state index contributed by atoms with van der Waals surface area (Å²) in [6.07, 6.45) is 6.37. The van der Waals surface area contributed by atoms with E-state index >= 15 is 0 Å². The molecule has 2 fully saturated rings. The summed E-state index contributed by atoms with van der Waals surface area (Å²) in [5.41, 5.74) is 1.28. The van der Waals surface area contributed by atoms with Gasteiger partial charge in [0.05, 0.1) is 0 Å². The summed E-state index contributed by atoms with van der Waals surface area (Å²) >= 11 is 0. The molecule has 3 rings (SSSR count). The largest absolute Gasteiger partial charge is 0.317 e. The third-order valence-corrected chi connectivity index (χ3v) is 4.99. The van der Waals surface area contributed by atoms with Crippen molar-refractivity contribution in [1.82, 2.24) is 10.2 Å². The van der Waals surface area contributed by atoms with Gasteiger partial charge in [-0.3, -0.25) is 4.90 Å². The minimum atomic E-state index is -0.134. The quantitative estimate of drug-likeness (QED) is 0.858. The Hall–Kier alpha value is -0.930. The van der Waals surface area contributed by atoms with E-state index in [2.05, 4.69) is 17.1 Å². The Labute approximate surface area is 127 Å². The number of hydrogen-bond acceptors (Lipinski definition) is 2. The predicted molar refractivity (Wildman–Crippen MR) is 84.8 cm³/mol. The minimum absolute atomic E-state index is 0.134. The molecule has 0 amide bonds. The van der Waals surface area contributed by atoms with E-state index in [9.17, 15) is 4.39 Å². The second-order valence-corrected chi connectivity index (χ2v) is 6.60. The van der Waals surface area contributed by atoms with Crippen LogP contribution in [0.1, 0.15) is 50.6 Å². The van der Waals surface area contributed by atoms with Gasteiger partial charge in [-0.1, -0.05) is 19.1 Å². The summed E-state index contributed by atoms with van der Waals surface area (Å²) in [6, 6.07) is 8.37. The van der Waals surface area contributed by atoms with Crippen LogP contribution < -0.4 is 5.32 Å². The number of halogens is 1. The van der Waals surface area contributed by atoms with Crippen molar-refractivity contribution >= 4 is 0 Å². The van der Waals surface area contributed by atoms with Crippen LogP contribution in [-0.4, -0.2) is 30.6 Å². The average molecular weight is 290 g/mol. The highest BCUT2D eigenvalue weighted by atomic mass is 19.1. The monoisotopic (exact) mass is 290 g/mol. The van der Waals surface area contributed by atoms with E-state index in [4.69, 9.17) is 0 Å². The van der Waals surface area contributed by atoms with Gasteiger partial charge in [0, 0.05) is 18.6 Å². The van der Waals surface area contributed by atoms with Crippen LogP contribution in [0.25, 0.3) is 0 Å². The van der Waals surface area contributed by atoms with E-state index in [-0.39, 0.29) is 5.82 Å². The van der Waals surface area contributed by atoms with E-state index in [0.717, 1.165) is 31.5 Å². The molecule has 3 heteroatoms. The molecule has 1 saturated carbocycles. The van der Waals surface area contributed by atoms with Gasteiger partial charge in [0.1, 0.15) is 5.82 Å². The van der Waals surface area contributed by atoms with Gasteiger partial charge in [-0.05, 0) is 68.8 Å². The molecule has 21 heavy (non-hydrogen) atoms. The van der Waals surface area contributed by atoms with Crippen molar-refractivity contribution in [3.8, 4) is 0 Å². The van der Waals surface area contributed by atoms with Crippen molar-refractivity contribution in [3.05, 3.63) is 35.6 Å². The second kappa shape index (κ2) is 6.89. The summed E-state index contributed by atoms with van der Waals surface area (Å²) in [5, 5.41) is 3.45. The molecule has 1 aromatic rings. The Morgan fingerprint density at radius 2 is 1.81 bits per heavy atom. The molecule has 1 aliphatic heterocycles. The van der Waals surface area contributed by atoms with Crippen molar-refractivity contribution in [2.75, 3.05) is 19.6 Å². The first-order chi connectivity index (χ1) is 10.3. The fourth-order valence-electron chi connectivity index (χ4n) is 3.65. The number of nitrogens with one attached hydrogen (secondary N) is 1. The van der Waals surface area contributed by atoms with E-state index in [1.807, 2.05) is 12.1 Å². The standard InChI is InChI=1S/C18H27FN2/c1-2-18(15-3-5-16(19)6-4-15)21(17-7-8-17)13-14-9-11-20-12-10-14/h3-6,14,17-18,20H,2,7-13H2,1H3. The molecule has 1 N–H and O–H groups in total. The summed E-state index contributed by atoms with van der Waals surface area (Å²) in [6.45, 7) is 5.79. The van der Waals surface area contributed by atoms with Crippen molar-refractivity contribution in [2.24, 2.45) is 5.92 Å². The third-order valence-electron chi connectivity index (χ3n) is 4.99. The minimum Gasteiger partial charge on any atom is -0.317 e. The lowest BCUT2D eigenvalue weighted by atomic mass is 9.95. The van der Waals surface area contributed by atoms with Crippen LogP contribution in [0.15, 0.2) is 24.3 Å². The zero-order chi connectivity index (χ0) is 14.7. The first-order valence-corrected chi connectivity index (χ1v) is 8.50. The molecule has 1 heterocycles. The van der Waals surface area contributed by atoms with Gasteiger partial charge in [-0.15, -0.1) is 0 Å². The van der Waals surface area contributed by atoms with Crippen molar-refractivity contribution in [3.63, 3.8) is 0 Å². The molecule has 0 aromatic heterocycles. The normalized spacial score (nSPS) is 21.7. The maximum atomic E-state index is 13.2. The summed E-state index contributed by atoms with van der Waals surface area (Å²) < 4.78 is 13.2. The first kappa shape index (κ1) is 15.0. The van der Waals surface area contributed by atoms with Crippen LogP contribution in [0.4, 0.5) is 4.39 Å². The molecule has 1 atom stereocenters. The van der Waals surface area contributed by atoms with Gasteiger partial charge in [0.25, 0.3) is 0 Å². The average Bonchev–Trinajstić information content (AvgIpc) is 3.34. The molecule has 0 spiro atoms. The van der Waals surface area contributed by atoms with Gasteiger partial charge >= 0.3 is 0 Å². The van der Waals surface area contributed by atoms with Gasteiger partial charge < -0.3 is 5.32 Å². The molecule has 1 aromatic carbocycles. The topological polar surface area (TPSA) is 15.3 Å². The lowest BCUT2D eigenvalue weighted by Gasteiger charge is -2.36. The number of rotatable bonds is 6. The van der Waals surface area contributed by atoms with Crippen LogP contribution in [-0.2, 0) is 0 Å². The molecule has 1 aliphatic carbocycles. The first-order valence-electron chi connectivity index (χ1n) is 8.50. The maximum Gasteiger partial charge on any atom is 0.123 e. The molecule has 0 radical (unpaired) electrons. The Morgan fingerprint density at radius 3 is 2.38 bits per heavy atom. The van der Waals surface area contributed by atoms with Crippen molar-refractivity contribution in [2.45, 2.75) is 51.1 Å². The highest BCUT2D eigenvalue weighted by molar-refractivity contribution is 5.20. The highest BCUT2D eigenvalue weighted by Crippen LogP contribution is 2.37. The lowest BCUT2D eigenvalue weighted by Crippen LogP contribution is -2.39. The maximum absolute atomic E-state index is 13.2. The molecule has 2 aliphatic rings. The van der Waals surface area contributed by atoms with E-state index in [0.29, 0.717) is 6.04 Å². The zero-order valence-electron chi connectivity index (χ0n) is 13.0. The Balaban J connectivity index is 1.72. The van der Waals surface area contributed by atoms with E-state index < -0.39 is 0 Å². The van der Waals surface area contributed by atoms with Gasteiger partial charge in [0.2, 0.25) is 0 Å². The van der Waals surface area contributed by atoms with Gasteiger partial charge in [0.15, 0.2) is 0 Å². The van der Waals surface area contributed by atoms with Gasteiger partial charge in [-0.25, -0.2) is 4.39 Å². The molecule has 0 bridgehead atoms. The fraction of sp³-hybridized carbons (Fsp3) is 0.667. The summed E-state index contributed by atoms with van der Waals surface area (Å²) in [4.78, 5) is 2.71. The third kappa shape index (κ3) is 3.83. The Kier molecular flexibility index (Phi) is 4.91. The number of nitrogens with zero attached hydrogens (tertiary/aromatic N) is 1. The van der Waals surface area contributed by atoms with Crippen molar-refractivity contribution in [1.29, 1.82) is 0 Å². The zero-order valence-corrected chi connectivity index (χ0v) is 13.0. The predicted octanol–water partition coefficient (Wildman–Crippen LogP) is 3.74. The van der Waals surface area contributed by atoms with Crippen molar-refractivity contribution < 1.29 is 4.39 Å². The second-order valence-electron chi connectivity index (χ2n) is 6.60. The smallest absolute Gasteiger partial charge is 0.123 e. The molecule has 1 unspecified atom stereocenters. The van der Waals surface area contributed by atoms with Gasteiger partial charge in [-0.2, -0.15) is 0 Å². The molecular weight excluding hydrogens is 263 g/mol. The summed E-state index contributed by atoms with van der Waals surface area (Å²) in [5.74, 6) is 0.686. The Morgan fingerprint density at radius 1 is 1.14 bits per heavy atom. The number of hydrogen-bond donors (Lipinski definition) is 1. The number of piperidine rings is 1. The van der Waals surface area contributed by atoms with Crippen LogP contribution in [0, 0.1) is 11.7 Å². The van der Waals surface area contributed by atoms with E-state index in [1.165, 1.54) is 37.8 Å². The van der Waals surface area contributed by atoms with E-state index in [1.54, 1.807) is 12.1 Å². The molecule has 116 valence electrons. The molecule has 2 nitrogen and oxygen atoms in total. The van der Waals surface area contributed by atoms with Crippen LogP contribution in [0.2, 0.25) is 0 Å². The number of benzene rings is 1. The Bertz CT molecular complexity index is 435. The van der Waals surface area contributed by atoms with Crippen LogP contribution in [0.5, 0.6) is 0 Å². The summed E-state index contributed by atoms with van der Waals surface area (Å²) in [7, 11) is 0. The highest BCUT2D eigenvalue weighted by Gasteiger charge is 2.35.